The summed E-state index contributed by atoms with van der Waals surface area (Å²) in [6, 6.07) is 7.66. The second kappa shape index (κ2) is 14.7. The first kappa shape index (κ1) is 22.1. The number of benzene rings is 1. The Morgan fingerprint density at radius 1 is 0.955 bits per heavy atom. The van der Waals surface area contributed by atoms with Gasteiger partial charge in [0.25, 0.3) is 0 Å². The van der Waals surface area contributed by atoms with Crippen LogP contribution in [0.5, 0.6) is 5.75 Å². The minimum atomic E-state index is -1.20. The topological polar surface area (TPSA) is 49.4 Å². The van der Waals surface area contributed by atoms with Gasteiger partial charge in [-0.15, -0.1) is 0 Å². The van der Waals surface area contributed by atoms with Gasteiger partial charge in [0.05, 0.1) is 5.97 Å². The van der Waals surface area contributed by atoms with E-state index in [-0.39, 0.29) is 51.4 Å². The van der Waals surface area contributed by atoms with E-state index in [0.717, 1.165) is 6.42 Å². The number of aryl methyl sites for hydroxylation is 1. The molecular formula is C18H27KO3. The van der Waals surface area contributed by atoms with E-state index in [1.165, 1.54) is 56.9 Å². The molecule has 0 aliphatic heterocycles. The van der Waals surface area contributed by atoms with Gasteiger partial charge in [0.15, 0.2) is 0 Å². The van der Waals surface area contributed by atoms with Crippen LogP contribution < -0.4 is 61.2 Å². The molecule has 0 N–H and O–H groups in total. The molecular weight excluding hydrogens is 303 g/mol. The molecule has 0 aliphatic carbocycles. The Hall–Kier alpha value is 0.126. The number of carboxylic acid groups (broad SMARTS) is 1. The molecule has 1 aromatic rings. The molecule has 0 aliphatic rings. The second-order valence-corrected chi connectivity index (χ2v) is 5.53. The van der Waals surface area contributed by atoms with Gasteiger partial charge in [-0.05, 0) is 30.5 Å². The maximum atomic E-state index is 10.3. The van der Waals surface area contributed by atoms with Crippen molar-refractivity contribution < 1.29 is 66.0 Å². The summed E-state index contributed by atoms with van der Waals surface area (Å²) in [6.45, 7) is 1.85. The third-order valence-electron chi connectivity index (χ3n) is 3.60. The number of unbranched alkanes of at least 4 members (excludes halogenated alkanes) is 7. The van der Waals surface area contributed by atoms with Crippen molar-refractivity contribution in [3.8, 4) is 5.75 Å². The van der Waals surface area contributed by atoms with E-state index in [0.29, 0.717) is 5.75 Å². The van der Waals surface area contributed by atoms with Crippen LogP contribution in [0.15, 0.2) is 24.3 Å². The fourth-order valence-corrected chi connectivity index (χ4v) is 2.36. The predicted octanol–water partition coefficient (Wildman–Crippen LogP) is 0.503. The van der Waals surface area contributed by atoms with E-state index in [2.05, 4.69) is 6.92 Å². The fourth-order valence-electron chi connectivity index (χ4n) is 2.36. The van der Waals surface area contributed by atoms with E-state index in [1.807, 2.05) is 24.3 Å². The second-order valence-electron chi connectivity index (χ2n) is 5.53. The van der Waals surface area contributed by atoms with Crippen LogP contribution >= 0.6 is 0 Å². The van der Waals surface area contributed by atoms with Gasteiger partial charge >= 0.3 is 51.4 Å². The fraction of sp³-hybridized carbons (Fsp3) is 0.611. The number of ether oxygens (including phenoxy) is 1. The number of rotatable bonds is 12. The normalized spacial score (nSPS) is 10.0. The molecule has 0 saturated carbocycles. The molecule has 3 nitrogen and oxygen atoms in total. The largest absolute Gasteiger partial charge is 1.00 e. The van der Waals surface area contributed by atoms with Crippen molar-refractivity contribution in [3.63, 3.8) is 0 Å². The van der Waals surface area contributed by atoms with Crippen molar-refractivity contribution >= 4 is 5.97 Å². The summed E-state index contributed by atoms with van der Waals surface area (Å²) in [6.07, 6.45) is 11.7. The summed E-state index contributed by atoms with van der Waals surface area (Å²) >= 11 is 0. The van der Waals surface area contributed by atoms with Crippen molar-refractivity contribution in [3.05, 3.63) is 29.8 Å². The summed E-state index contributed by atoms with van der Waals surface area (Å²) in [5, 5.41) is 10.3. The van der Waals surface area contributed by atoms with Crippen LogP contribution in [-0.4, -0.2) is 12.6 Å². The van der Waals surface area contributed by atoms with Gasteiger partial charge in [-0.2, -0.15) is 0 Å². The molecule has 0 spiro atoms. The minimum Gasteiger partial charge on any atom is -0.546 e. The summed E-state index contributed by atoms with van der Waals surface area (Å²) in [7, 11) is 0. The monoisotopic (exact) mass is 330 g/mol. The van der Waals surface area contributed by atoms with Crippen LogP contribution in [0.25, 0.3) is 0 Å². The van der Waals surface area contributed by atoms with Gasteiger partial charge in [0, 0.05) is 0 Å². The minimum absolute atomic E-state index is 0. The molecule has 0 heterocycles. The van der Waals surface area contributed by atoms with Gasteiger partial charge in [0.2, 0.25) is 0 Å². The summed E-state index contributed by atoms with van der Waals surface area (Å²) in [5.41, 5.74) is 1.28. The van der Waals surface area contributed by atoms with Crippen LogP contribution in [0.4, 0.5) is 0 Å². The first-order chi connectivity index (χ1) is 10.2. The van der Waals surface area contributed by atoms with Crippen LogP contribution in [0, 0.1) is 0 Å². The SMILES string of the molecule is CCCCCCCCCCc1ccc(OCC(=O)[O-])cc1.[K+]. The number of hydrogen-bond acceptors (Lipinski definition) is 3. The summed E-state index contributed by atoms with van der Waals surface area (Å²) in [4.78, 5) is 10.3. The maximum absolute atomic E-state index is 10.3. The Bertz CT molecular complexity index is 390. The average molecular weight is 331 g/mol. The maximum Gasteiger partial charge on any atom is 1.00 e. The Morgan fingerprint density at radius 2 is 1.50 bits per heavy atom. The Kier molecular flexibility index (Phi) is 14.8. The van der Waals surface area contributed by atoms with Crippen LogP contribution in [0.3, 0.4) is 0 Å². The van der Waals surface area contributed by atoms with Crippen molar-refractivity contribution in [2.75, 3.05) is 6.61 Å². The van der Waals surface area contributed by atoms with E-state index in [9.17, 15) is 9.90 Å². The quantitative estimate of drug-likeness (QED) is 0.414. The van der Waals surface area contributed by atoms with Gasteiger partial charge in [0.1, 0.15) is 12.4 Å². The van der Waals surface area contributed by atoms with Crippen LogP contribution in [0.2, 0.25) is 0 Å². The molecule has 0 radical (unpaired) electrons. The number of carbonyl (C=O) groups is 1. The first-order valence-corrected chi connectivity index (χ1v) is 8.14. The molecule has 118 valence electrons. The standard InChI is InChI=1S/C18H28O3.K/c1-2-3-4-5-6-7-8-9-10-16-11-13-17(14-12-16)21-15-18(19)20;/h11-14H,2-10,15H2,1H3,(H,19,20);/q;+1/p-1. The Balaban J connectivity index is 0.00000441. The smallest absolute Gasteiger partial charge is 0.546 e. The van der Waals surface area contributed by atoms with E-state index >= 15 is 0 Å². The summed E-state index contributed by atoms with van der Waals surface area (Å²) < 4.78 is 5.05. The predicted molar refractivity (Wildman–Crippen MR) is 83.3 cm³/mol. The van der Waals surface area contributed by atoms with E-state index in [4.69, 9.17) is 4.74 Å². The third kappa shape index (κ3) is 11.7. The number of carbonyl (C=O) groups excluding carboxylic acids is 1. The Morgan fingerprint density at radius 3 is 2.05 bits per heavy atom. The zero-order chi connectivity index (χ0) is 15.3. The molecule has 0 bridgehead atoms. The van der Waals surface area contributed by atoms with Crippen molar-refractivity contribution in [1.82, 2.24) is 0 Å². The Labute approximate surface area is 177 Å². The molecule has 0 unspecified atom stereocenters. The number of hydrogen-bond donors (Lipinski definition) is 0. The van der Waals surface area contributed by atoms with Crippen molar-refractivity contribution in [2.24, 2.45) is 0 Å². The molecule has 0 amide bonds. The molecule has 4 heteroatoms. The molecule has 0 aromatic heterocycles. The van der Waals surface area contributed by atoms with Crippen LogP contribution in [0.1, 0.15) is 63.9 Å². The van der Waals surface area contributed by atoms with Gasteiger partial charge in [-0.1, -0.05) is 64.0 Å². The van der Waals surface area contributed by atoms with Crippen molar-refractivity contribution in [1.29, 1.82) is 0 Å². The zero-order valence-electron chi connectivity index (χ0n) is 14.1. The number of aliphatic carboxylic acids is 1. The van der Waals surface area contributed by atoms with Crippen molar-refractivity contribution in [2.45, 2.75) is 64.7 Å². The first-order valence-electron chi connectivity index (χ1n) is 8.14. The third-order valence-corrected chi connectivity index (χ3v) is 3.60. The molecule has 1 aromatic carbocycles. The molecule has 0 atom stereocenters. The molecule has 0 fully saturated rings. The van der Waals surface area contributed by atoms with E-state index < -0.39 is 12.6 Å². The average Bonchev–Trinajstić information content (AvgIpc) is 2.49. The molecule has 0 saturated heterocycles. The number of carboxylic acids is 1. The van der Waals surface area contributed by atoms with Crippen LogP contribution in [-0.2, 0) is 11.2 Å². The summed E-state index contributed by atoms with van der Waals surface area (Å²) in [5.74, 6) is -0.614. The zero-order valence-corrected chi connectivity index (χ0v) is 17.2. The molecule has 22 heavy (non-hydrogen) atoms. The van der Waals surface area contributed by atoms with Gasteiger partial charge < -0.3 is 14.6 Å². The van der Waals surface area contributed by atoms with E-state index in [1.54, 1.807) is 0 Å². The van der Waals surface area contributed by atoms with Gasteiger partial charge in [-0.3, -0.25) is 0 Å². The van der Waals surface area contributed by atoms with Gasteiger partial charge in [-0.25, -0.2) is 0 Å². The molecule has 1 rings (SSSR count).